The van der Waals surface area contributed by atoms with Gasteiger partial charge in [0.25, 0.3) is 0 Å². The normalized spacial score (nSPS) is 49.7. The summed E-state index contributed by atoms with van der Waals surface area (Å²) in [5.74, 6) is 13.9. The van der Waals surface area contributed by atoms with Crippen LogP contribution in [0.5, 0.6) is 0 Å². The molecule has 15 rings (SSSR count). The number of likely N-dealkylation sites (tertiary alicyclic amines) is 2. The molecule has 0 aromatic heterocycles. The SMILES string of the molecule is C=C(C)[C@@H]1CC[C@]2(NCCN3C[C@@H]4C[C@H]3CS4(=C)=O)CC[C@]3(C)[C@H](CC[C@@H]4[C@@]5(C)CC=C(C6=CC[C@H](C(=O)O)CC6)C(C)(C)[C@@H]5CC[C@]43C)[C@@H]12.C=C(C)[C@@H]1CC[C@]2(NCCN3C[C@@H]4C[C@H]3CS4(=C)=O)CC[C@]3(C)[C@H](CC[C@@H]4[C@@]5(C)CC[C@H](OC(=O)CC(C)(C)C(=O)O)C(C)(C)[C@@H]5CC[C@]43C)[C@@H]12. The molecule has 566 valence electrons. The number of nitrogens with one attached hydrogen (secondary N) is 2. The lowest BCUT2D eigenvalue weighted by molar-refractivity contribution is -0.246. The van der Waals surface area contributed by atoms with Gasteiger partial charge in [-0.25, -0.2) is 0 Å². The molecule has 26 atom stereocenters. The summed E-state index contributed by atoms with van der Waals surface area (Å²) in [6, 6.07) is 0.937. The van der Waals surface area contributed by atoms with Gasteiger partial charge < -0.3 is 25.6 Å². The Labute approximate surface area is 612 Å². The van der Waals surface area contributed by atoms with Gasteiger partial charge in [-0.3, -0.25) is 32.6 Å². The van der Waals surface area contributed by atoms with Crippen molar-refractivity contribution in [2.45, 2.75) is 297 Å². The van der Waals surface area contributed by atoms with E-state index >= 15 is 0 Å². The number of allylic oxidation sites excluding steroid dienone is 6. The summed E-state index contributed by atoms with van der Waals surface area (Å²) >= 11 is 0. The molecule has 4 heterocycles. The summed E-state index contributed by atoms with van der Waals surface area (Å²) in [5, 5.41) is 28.4. The highest BCUT2D eigenvalue weighted by Crippen LogP contribution is 2.79. The molecule has 0 radical (unpaired) electrons. The number of esters is 1. The molecule has 4 saturated heterocycles. The topological polar surface area (TPSA) is 166 Å². The van der Waals surface area contributed by atoms with Crippen LogP contribution in [0.3, 0.4) is 0 Å². The van der Waals surface area contributed by atoms with Crippen molar-refractivity contribution in [1.82, 2.24) is 20.4 Å². The Morgan fingerprint density at radius 3 is 1.52 bits per heavy atom. The van der Waals surface area contributed by atoms with Crippen molar-refractivity contribution >= 4 is 48.7 Å². The fraction of sp³-hybridized carbons (Fsp3) is 0.851. The Morgan fingerprint density at radius 2 is 1.09 bits per heavy atom. The Bertz CT molecular complexity index is 3630. The van der Waals surface area contributed by atoms with Crippen LogP contribution in [-0.2, 0) is 38.2 Å². The molecule has 13 fully saturated rings. The van der Waals surface area contributed by atoms with Gasteiger partial charge in [-0.2, -0.15) is 0 Å². The summed E-state index contributed by atoms with van der Waals surface area (Å²) in [7, 11) is -3.74. The highest BCUT2D eigenvalue weighted by molar-refractivity contribution is 8.01. The summed E-state index contributed by atoms with van der Waals surface area (Å²) in [4.78, 5) is 41.8. The van der Waals surface area contributed by atoms with Crippen LogP contribution in [0, 0.1) is 114 Å². The van der Waals surface area contributed by atoms with E-state index in [1.165, 1.54) is 125 Å². The molecule has 0 aromatic carbocycles. The predicted molar refractivity (Wildman–Crippen MR) is 415 cm³/mol. The van der Waals surface area contributed by atoms with E-state index in [1.54, 1.807) is 13.8 Å². The number of aliphatic carboxylic acids is 2. The van der Waals surface area contributed by atoms with Gasteiger partial charge in [-0.1, -0.05) is 106 Å². The van der Waals surface area contributed by atoms with E-state index in [-0.39, 0.29) is 68.0 Å². The van der Waals surface area contributed by atoms with Gasteiger partial charge in [0, 0.05) is 89.9 Å². The van der Waals surface area contributed by atoms with Crippen molar-refractivity contribution in [2.75, 3.05) is 50.8 Å². The molecule has 14 heteroatoms. The van der Waals surface area contributed by atoms with Gasteiger partial charge in [-0.05, 0) is 321 Å². The number of carboxylic acids is 2. The lowest BCUT2D eigenvalue weighted by Gasteiger charge is -2.73. The maximum Gasteiger partial charge on any atom is 0.309 e. The number of rotatable bonds is 16. The summed E-state index contributed by atoms with van der Waals surface area (Å²) < 4.78 is 31.9. The molecule has 0 amide bonds. The van der Waals surface area contributed by atoms with Gasteiger partial charge in [0.1, 0.15) is 6.10 Å². The van der Waals surface area contributed by atoms with Gasteiger partial charge in [0.15, 0.2) is 0 Å². The highest BCUT2D eigenvalue weighted by Gasteiger charge is 2.73. The minimum absolute atomic E-state index is 0.0985. The molecule has 15 aliphatic rings. The van der Waals surface area contributed by atoms with Gasteiger partial charge in [0.05, 0.1) is 17.8 Å². The molecule has 4 N–H and O–H groups in total. The van der Waals surface area contributed by atoms with Crippen LogP contribution >= 0.6 is 0 Å². The summed E-state index contributed by atoms with van der Waals surface area (Å²) in [5.41, 5.74) is 6.59. The quantitative estimate of drug-likeness (QED) is 0.0658. The Kier molecular flexibility index (Phi) is 18.9. The van der Waals surface area contributed by atoms with Gasteiger partial charge in [0.2, 0.25) is 0 Å². The first-order valence-corrected chi connectivity index (χ1v) is 45.0. The Hall–Kier alpha value is -2.75. The second-order valence-electron chi connectivity index (χ2n) is 41.4. The second kappa shape index (κ2) is 25.4. The van der Waals surface area contributed by atoms with Crippen molar-refractivity contribution < 1.29 is 37.8 Å². The van der Waals surface area contributed by atoms with Crippen LogP contribution < -0.4 is 10.6 Å². The van der Waals surface area contributed by atoms with E-state index in [0.717, 1.165) is 108 Å². The first-order valence-electron chi connectivity index (χ1n) is 41.1. The third-order valence-corrected chi connectivity index (χ3v) is 41.1. The number of hydrogen-bond acceptors (Lipinski definition) is 10. The first-order chi connectivity index (χ1) is 47.1. The van der Waals surface area contributed by atoms with Crippen LogP contribution in [0.25, 0.3) is 0 Å². The number of carbonyl (C=O) groups excluding carboxylic acids is 1. The predicted octanol–water partition coefficient (Wildman–Crippen LogP) is 16.1. The smallest absolute Gasteiger partial charge is 0.309 e. The zero-order chi connectivity index (χ0) is 72.8. The molecule has 0 spiro atoms. The lowest BCUT2D eigenvalue weighted by atomic mass is 9.32. The molecule has 2 unspecified atom stereocenters. The fourth-order valence-corrected chi connectivity index (χ4v) is 35.0. The van der Waals surface area contributed by atoms with Crippen LogP contribution in [0.2, 0.25) is 0 Å². The van der Waals surface area contributed by atoms with E-state index in [2.05, 4.69) is 141 Å². The van der Waals surface area contributed by atoms with Gasteiger partial charge >= 0.3 is 17.9 Å². The van der Waals surface area contributed by atoms with Crippen molar-refractivity contribution in [3.8, 4) is 0 Å². The van der Waals surface area contributed by atoms with E-state index < -0.39 is 36.4 Å². The fourth-order valence-electron chi connectivity index (χ4n) is 30.4. The maximum atomic E-state index is 13.1. The molecule has 4 bridgehead atoms. The summed E-state index contributed by atoms with van der Waals surface area (Å²) in [6.45, 7) is 49.1. The lowest BCUT2D eigenvalue weighted by Crippen LogP contribution is -2.69. The van der Waals surface area contributed by atoms with E-state index in [9.17, 15) is 33.0 Å². The van der Waals surface area contributed by atoms with Crippen molar-refractivity contribution in [3.05, 3.63) is 47.6 Å². The summed E-state index contributed by atoms with van der Waals surface area (Å²) in [6.07, 6.45) is 32.7. The van der Waals surface area contributed by atoms with Crippen molar-refractivity contribution in [1.29, 1.82) is 0 Å². The van der Waals surface area contributed by atoms with Crippen molar-refractivity contribution in [2.24, 2.45) is 114 Å². The number of ether oxygens (including phenoxy) is 1. The number of fused-ring (bicyclic) bond motifs is 18. The molecule has 11 aliphatic carbocycles. The molecule has 12 nitrogen and oxygen atoms in total. The molecule has 0 aromatic rings. The third kappa shape index (κ3) is 11.6. The van der Waals surface area contributed by atoms with Crippen molar-refractivity contribution in [3.63, 3.8) is 0 Å². The van der Waals surface area contributed by atoms with E-state index in [0.29, 0.717) is 87.2 Å². The molecule has 101 heavy (non-hydrogen) atoms. The zero-order valence-corrected chi connectivity index (χ0v) is 67.2. The van der Waals surface area contributed by atoms with E-state index in [1.807, 2.05) is 0 Å². The van der Waals surface area contributed by atoms with E-state index in [4.69, 9.17) is 4.74 Å². The zero-order valence-electron chi connectivity index (χ0n) is 65.6. The average Bonchev–Trinajstić information content (AvgIpc) is 1.40. The average molecular weight is 1430 g/mol. The number of carbonyl (C=O) groups is 3. The minimum atomic E-state index is -1.88. The molecule has 9 saturated carbocycles. The second-order valence-corrected chi connectivity index (χ2v) is 46.9. The Morgan fingerprint density at radius 1 is 0.594 bits per heavy atom. The van der Waals surface area contributed by atoms with Crippen LogP contribution in [0.1, 0.15) is 257 Å². The molecular weight excluding hydrogens is 1290 g/mol. The molecular formula is C87H138N4O8S2. The number of hydrogen-bond donors (Lipinski definition) is 4. The van der Waals surface area contributed by atoms with Crippen LogP contribution in [-0.4, -0.2) is 149 Å². The van der Waals surface area contributed by atoms with Crippen LogP contribution in [0.15, 0.2) is 47.6 Å². The monoisotopic (exact) mass is 1430 g/mol. The standard InChI is InChI=1S/C44H68N2O3S.C43H70N2O5S/c1-28(2)33-15-20-44(45-23-24-46-26-32-25-31(46)27-50(32,8)49)22-21-42(6)35(38(33)44)13-14-37-41(5)18-16-34(29-9-11-30(12-10-29)39(47)48)40(3,4)36(41)17-19-43(37,42)7;1-27(2)30-13-18-43(44-21-22-45-25-29-23-28(45)26-51(29,10)49)20-19-41(8)31(36(30)43)11-12-33-40(7)16-15-34(50-35(46)24-38(3,4)37(47)48)39(5,6)32(40)14-17-42(33,41)9/h9,16,30-33,35-38,45H,1,8,10-15,17-27H2,2-7H3,(H,47,48);28-34,36,44H,1,10-26H2,2-9H3,(H,47,48)/t30-,31-,32-,33-,35+,36-,37+,38+,41-,42+,43+,44-,50?;28-,29-,30-,31+,32-,33+,34-,36+,40-,41+,42+,43-,51?/m00/s1. The van der Waals surface area contributed by atoms with Crippen LogP contribution in [0.4, 0.5) is 0 Å². The number of carboxylic acid groups (broad SMARTS) is 2. The highest BCUT2D eigenvalue weighted by atomic mass is 32.2. The number of nitrogens with zero attached hydrogens (tertiary/aromatic N) is 2. The first kappa shape index (κ1) is 75.1. The maximum absolute atomic E-state index is 13.1. The third-order valence-electron chi connectivity index (χ3n) is 36.1. The Balaban J connectivity index is 0.000000172. The largest absolute Gasteiger partial charge is 0.481 e. The minimum Gasteiger partial charge on any atom is -0.481 e. The van der Waals surface area contributed by atoms with Gasteiger partial charge in [-0.15, -0.1) is 0 Å². The molecule has 4 aliphatic heterocycles.